The Morgan fingerprint density at radius 2 is 2.57 bits per heavy atom. The summed E-state index contributed by atoms with van der Waals surface area (Å²) in [5.41, 5.74) is 0. The third kappa shape index (κ3) is 1.48. The summed E-state index contributed by atoms with van der Waals surface area (Å²) in [6, 6.07) is 0. The average molecular weight is 210 g/mol. The van der Waals surface area contributed by atoms with Crippen molar-refractivity contribution in [2.24, 2.45) is 0 Å². The molecule has 40 valence electrons. The fourth-order valence-electron chi connectivity index (χ4n) is 0.801. The van der Waals surface area contributed by atoms with Crippen molar-refractivity contribution in [3.63, 3.8) is 0 Å². The van der Waals surface area contributed by atoms with E-state index in [1.54, 1.807) is 0 Å². The summed E-state index contributed by atoms with van der Waals surface area (Å²) in [5.74, 6) is 0. The molecule has 0 radical (unpaired) electrons. The van der Waals surface area contributed by atoms with Gasteiger partial charge >= 0.3 is 54.9 Å². The van der Waals surface area contributed by atoms with E-state index in [2.05, 4.69) is 17.1 Å². The van der Waals surface area contributed by atoms with Crippen molar-refractivity contribution in [3.05, 3.63) is 12.2 Å². The molecule has 1 unspecified atom stereocenters. The van der Waals surface area contributed by atoms with Gasteiger partial charge in [-0.3, -0.25) is 0 Å². The SMILES string of the molecule is C[Te]C1C=CCC1. The molecular formula is C6H10Te. The second-order valence-electron chi connectivity index (χ2n) is 1.78. The van der Waals surface area contributed by atoms with Gasteiger partial charge in [0.1, 0.15) is 0 Å². The Hall–Kier alpha value is 0.530. The second kappa shape index (κ2) is 2.74. The van der Waals surface area contributed by atoms with Crippen molar-refractivity contribution in [2.75, 3.05) is 0 Å². The summed E-state index contributed by atoms with van der Waals surface area (Å²) in [5, 5.41) is 0. The zero-order valence-electron chi connectivity index (χ0n) is 4.55. The maximum absolute atomic E-state index is 2.39. The summed E-state index contributed by atoms with van der Waals surface area (Å²) in [7, 11) is 0. The van der Waals surface area contributed by atoms with Crippen molar-refractivity contribution in [1.82, 2.24) is 0 Å². The van der Waals surface area contributed by atoms with Gasteiger partial charge in [-0.05, 0) is 0 Å². The van der Waals surface area contributed by atoms with E-state index in [1.165, 1.54) is 12.8 Å². The topological polar surface area (TPSA) is 0 Å². The molecule has 1 atom stereocenters. The van der Waals surface area contributed by atoms with E-state index in [-0.39, 0.29) is 0 Å². The van der Waals surface area contributed by atoms with Crippen LogP contribution in [0.5, 0.6) is 0 Å². The zero-order chi connectivity index (χ0) is 5.11. The Morgan fingerprint density at radius 1 is 1.71 bits per heavy atom. The predicted molar refractivity (Wildman–Crippen MR) is 33.7 cm³/mol. The van der Waals surface area contributed by atoms with E-state index in [9.17, 15) is 0 Å². The molecule has 0 nitrogen and oxygen atoms in total. The fraction of sp³-hybridized carbons (Fsp3) is 0.667. The number of hydrogen-bond donors (Lipinski definition) is 0. The molecule has 0 spiro atoms. The Morgan fingerprint density at radius 3 is 2.86 bits per heavy atom. The van der Waals surface area contributed by atoms with Crippen LogP contribution in [0.3, 0.4) is 0 Å². The minimum absolute atomic E-state index is 0.369. The Kier molecular flexibility index (Phi) is 2.22. The zero-order valence-corrected chi connectivity index (χ0v) is 6.88. The van der Waals surface area contributed by atoms with Crippen LogP contribution in [-0.4, -0.2) is 20.9 Å². The molecule has 0 aromatic carbocycles. The molecule has 0 fully saturated rings. The molecule has 0 heterocycles. The van der Waals surface area contributed by atoms with Crippen LogP contribution < -0.4 is 0 Å². The van der Waals surface area contributed by atoms with Crippen LogP contribution in [0.15, 0.2) is 12.2 Å². The predicted octanol–water partition coefficient (Wildman–Crippen LogP) is 1.88. The van der Waals surface area contributed by atoms with Crippen LogP contribution in [0.4, 0.5) is 0 Å². The summed E-state index contributed by atoms with van der Waals surface area (Å²) < 4.78 is 1.05. The van der Waals surface area contributed by atoms with Crippen molar-refractivity contribution >= 4 is 20.9 Å². The normalized spacial score (nSPS) is 29.0. The molecule has 0 saturated heterocycles. The van der Waals surface area contributed by atoms with E-state index < -0.39 is 0 Å². The molecule has 1 heteroatoms. The number of hydrogen-bond acceptors (Lipinski definition) is 0. The summed E-state index contributed by atoms with van der Waals surface area (Å²) in [4.78, 5) is 2.38. The third-order valence-corrected chi connectivity index (χ3v) is 4.12. The van der Waals surface area contributed by atoms with Crippen molar-refractivity contribution in [3.8, 4) is 0 Å². The van der Waals surface area contributed by atoms with Crippen LogP contribution in [0.2, 0.25) is 8.94 Å². The Balaban J connectivity index is 2.28. The number of allylic oxidation sites excluding steroid dienone is 2. The second-order valence-corrected chi connectivity index (χ2v) is 4.85. The van der Waals surface area contributed by atoms with Crippen molar-refractivity contribution in [2.45, 2.75) is 21.8 Å². The molecule has 7 heavy (non-hydrogen) atoms. The van der Waals surface area contributed by atoms with Gasteiger partial charge in [0.05, 0.1) is 0 Å². The van der Waals surface area contributed by atoms with Gasteiger partial charge in [0.15, 0.2) is 0 Å². The van der Waals surface area contributed by atoms with Crippen LogP contribution in [0.25, 0.3) is 0 Å². The Bertz CT molecular complexity index is 76.2. The molecule has 0 aromatic rings. The van der Waals surface area contributed by atoms with Crippen LogP contribution in [0, 0.1) is 0 Å². The molecule has 0 aromatic heterocycles. The summed E-state index contributed by atoms with van der Waals surface area (Å²) in [6.45, 7) is 0. The quantitative estimate of drug-likeness (QED) is 0.457. The van der Waals surface area contributed by atoms with Crippen molar-refractivity contribution in [1.29, 1.82) is 0 Å². The van der Waals surface area contributed by atoms with Gasteiger partial charge < -0.3 is 0 Å². The summed E-state index contributed by atoms with van der Waals surface area (Å²) >= 11 is 0.369. The van der Waals surface area contributed by atoms with Gasteiger partial charge in [0.2, 0.25) is 0 Å². The fourth-order valence-corrected chi connectivity index (χ4v) is 2.63. The van der Waals surface area contributed by atoms with E-state index in [1.807, 2.05) is 0 Å². The van der Waals surface area contributed by atoms with Gasteiger partial charge in [-0.2, -0.15) is 0 Å². The molecule has 1 rings (SSSR count). The first-order valence-corrected chi connectivity index (χ1v) is 6.30. The van der Waals surface area contributed by atoms with Gasteiger partial charge in [-0.15, -0.1) is 0 Å². The summed E-state index contributed by atoms with van der Waals surface area (Å²) in [6.07, 6.45) is 7.52. The van der Waals surface area contributed by atoms with E-state index >= 15 is 0 Å². The molecule has 0 bridgehead atoms. The van der Waals surface area contributed by atoms with Crippen LogP contribution in [-0.2, 0) is 0 Å². The molecule has 1 aliphatic rings. The Labute approximate surface area is 55.1 Å². The van der Waals surface area contributed by atoms with E-state index in [0.29, 0.717) is 20.9 Å². The molecule has 0 amide bonds. The van der Waals surface area contributed by atoms with Gasteiger partial charge in [-0.1, -0.05) is 0 Å². The minimum atomic E-state index is 0.369. The average Bonchev–Trinajstić information content (AvgIpc) is 2.14. The molecule has 1 aliphatic carbocycles. The molecular weight excluding hydrogens is 200 g/mol. The van der Waals surface area contributed by atoms with E-state index in [0.717, 1.165) is 3.97 Å². The van der Waals surface area contributed by atoms with Crippen LogP contribution >= 0.6 is 0 Å². The molecule has 0 aliphatic heterocycles. The standard InChI is InChI=1S/C6H10Te/c1-7-6-4-2-3-5-6/h2,4,6H,3,5H2,1H3. The molecule has 0 saturated carbocycles. The van der Waals surface area contributed by atoms with E-state index in [4.69, 9.17) is 0 Å². The first kappa shape index (κ1) is 5.66. The first-order valence-electron chi connectivity index (χ1n) is 2.63. The van der Waals surface area contributed by atoms with Gasteiger partial charge in [0.25, 0.3) is 0 Å². The maximum atomic E-state index is 2.39. The van der Waals surface area contributed by atoms with Crippen LogP contribution in [0.1, 0.15) is 12.8 Å². The third-order valence-electron chi connectivity index (χ3n) is 1.27. The monoisotopic (exact) mass is 212 g/mol. The first-order chi connectivity index (χ1) is 3.43. The van der Waals surface area contributed by atoms with Crippen molar-refractivity contribution < 1.29 is 0 Å². The molecule has 0 N–H and O–H groups in total. The number of rotatable bonds is 1. The van der Waals surface area contributed by atoms with Gasteiger partial charge in [-0.25, -0.2) is 0 Å². The van der Waals surface area contributed by atoms with Gasteiger partial charge in [0, 0.05) is 0 Å².